The molecule has 0 fully saturated rings. The van der Waals surface area contributed by atoms with Crippen LogP contribution < -0.4 is 4.90 Å². The number of allylic oxidation sites excluding steroid dienone is 1. The third kappa shape index (κ3) is 5.59. The van der Waals surface area contributed by atoms with Crippen LogP contribution >= 0.6 is 0 Å². The molecule has 6 aromatic rings. The standard InChI is InChI=1S/C39H27N5.Pt/c1-3-13-27(14-4-1)39-31-19-7-8-20-32(31)42-36(39)25-28-15-11-22-33(40-28)34-23-12-16-29(41-34)26-38-43-35-21-9-10-24-37(35)44(38)30-17-5-2-6-18-30;/h1-26,39H;/q-2;+2/b36-25-,38-26+;. The number of nitrogens with zero attached hydrogens (tertiary/aromatic N) is 5. The summed E-state index contributed by atoms with van der Waals surface area (Å²) in [5, 5.41) is 9.95. The first kappa shape index (κ1) is 28.5. The van der Waals surface area contributed by atoms with Gasteiger partial charge in [0.05, 0.1) is 22.8 Å². The molecular formula is C39H27N5Pt. The number of fused-ring (bicyclic) bond motifs is 2. The van der Waals surface area contributed by atoms with Gasteiger partial charge in [0.15, 0.2) is 0 Å². The van der Waals surface area contributed by atoms with Gasteiger partial charge in [0.2, 0.25) is 0 Å². The van der Waals surface area contributed by atoms with E-state index in [4.69, 9.17) is 20.6 Å². The molecule has 45 heavy (non-hydrogen) atoms. The van der Waals surface area contributed by atoms with Crippen molar-refractivity contribution >= 4 is 34.9 Å². The van der Waals surface area contributed by atoms with Gasteiger partial charge in [0, 0.05) is 5.92 Å². The maximum absolute atomic E-state index is 5.01. The molecule has 0 bridgehead atoms. The van der Waals surface area contributed by atoms with E-state index in [1.807, 2.05) is 91.0 Å². The second kappa shape index (κ2) is 12.4. The quantitative estimate of drug-likeness (QED) is 0.176. The first-order valence-corrected chi connectivity index (χ1v) is 14.7. The van der Waals surface area contributed by atoms with E-state index in [1.165, 1.54) is 11.1 Å². The first-order chi connectivity index (χ1) is 21.8. The molecule has 2 aromatic heterocycles. The van der Waals surface area contributed by atoms with Gasteiger partial charge in [-0.05, 0) is 53.0 Å². The van der Waals surface area contributed by atoms with Gasteiger partial charge in [-0.1, -0.05) is 139 Å². The average molecular weight is 761 g/mol. The first-order valence-electron chi connectivity index (χ1n) is 14.7. The van der Waals surface area contributed by atoms with Gasteiger partial charge in [0.1, 0.15) is 0 Å². The van der Waals surface area contributed by atoms with Crippen LogP contribution in [0.4, 0.5) is 22.7 Å². The van der Waals surface area contributed by atoms with E-state index in [0.717, 1.165) is 57.0 Å². The Kier molecular flexibility index (Phi) is 7.85. The van der Waals surface area contributed by atoms with Crippen molar-refractivity contribution in [2.24, 2.45) is 0 Å². The maximum Gasteiger partial charge on any atom is 2.00 e. The summed E-state index contributed by atoms with van der Waals surface area (Å²) >= 11 is 0. The second-order valence-corrected chi connectivity index (χ2v) is 10.8. The second-order valence-electron chi connectivity index (χ2n) is 10.8. The van der Waals surface area contributed by atoms with Gasteiger partial charge in [-0.2, -0.15) is 0 Å². The van der Waals surface area contributed by atoms with E-state index in [2.05, 4.69) is 71.6 Å². The van der Waals surface area contributed by atoms with E-state index >= 15 is 0 Å². The minimum atomic E-state index is 0. The Morgan fingerprint density at radius 2 is 1.13 bits per heavy atom. The molecule has 6 heteroatoms. The van der Waals surface area contributed by atoms with Gasteiger partial charge in [-0.25, -0.2) is 9.97 Å². The molecule has 0 N–H and O–H groups in total. The van der Waals surface area contributed by atoms with Crippen LogP contribution in [0.2, 0.25) is 0 Å². The van der Waals surface area contributed by atoms with Crippen LogP contribution in [-0.2, 0) is 21.1 Å². The molecule has 0 aliphatic carbocycles. The number of aromatic nitrogens is 2. The molecule has 2 aliphatic heterocycles. The van der Waals surface area contributed by atoms with E-state index in [-0.39, 0.29) is 27.0 Å². The zero-order chi connectivity index (χ0) is 29.3. The van der Waals surface area contributed by atoms with Crippen molar-refractivity contribution in [1.29, 1.82) is 0 Å². The summed E-state index contributed by atoms with van der Waals surface area (Å²) in [6.07, 6.45) is 4.13. The van der Waals surface area contributed by atoms with Crippen molar-refractivity contribution in [3.8, 4) is 11.4 Å². The Bertz CT molecular complexity index is 1890. The number of hydrogen-bond acceptors (Lipinski definition) is 3. The van der Waals surface area contributed by atoms with Crippen molar-refractivity contribution < 1.29 is 21.1 Å². The number of rotatable bonds is 5. The van der Waals surface area contributed by atoms with E-state index in [9.17, 15) is 0 Å². The molecule has 2 aliphatic rings. The van der Waals surface area contributed by atoms with Crippen molar-refractivity contribution in [1.82, 2.24) is 9.97 Å². The van der Waals surface area contributed by atoms with E-state index in [1.54, 1.807) is 0 Å². The van der Waals surface area contributed by atoms with Crippen LogP contribution in [0.15, 0.2) is 157 Å². The molecule has 0 radical (unpaired) electrons. The maximum atomic E-state index is 5.01. The normalized spacial score (nSPS) is 16.4. The molecule has 218 valence electrons. The third-order valence-corrected chi connectivity index (χ3v) is 7.90. The van der Waals surface area contributed by atoms with Crippen molar-refractivity contribution in [3.63, 3.8) is 0 Å². The summed E-state index contributed by atoms with van der Waals surface area (Å²) in [7, 11) is 0. The van der Waals surface area contributed by atoms with Crippen molar-refractivity contribution in [2.45, 2.75) is 5.92 Å². The van der Waals surface area contributed by atoms with E-state index < -0.39 is 0 Å². The van der Waals surface area contributed by atoms with Gasteiger partial charge in [-0.15, -0.1) is 11.4 Å². The van der Waals surface area contributed by atoms with Crippen molar-refractivity contribution in [3.05, 3.63) is 190 Å². The third-order valence-electron chi connectivity index (χ3n) is 7.90. The van der Waals surface area contributed by atoms with Crippen LogP contribution in [0.3, 0.4) is 0 Å². The van der Waals surface area contributed by atoms with Crippen LogP contribution in [0, 0.1) is 0 Å². The number of benzene rings is 4. The molecule has 4 aromatic carbocycles. The Balaban J connectivity index is 0.00000325. The number of anilines is 2. The van der Waals surface area contributed by atoms with Gasteiger partial charge < -0.3 is 15.5 Å². The van der Waals surface area contributed by atoms with Gasteiger partial charge in [-0.3, -0.25) is 0 Å². The zero-order valence-corrected chi connectivity index (χ0v) is 26.4. The predicted molar refractivity (Wildman–Crippen MR) is 179 cm³/mol. The molecule has 0 saturated heterocycles. The van der Waals surface area contributed by atoms with Gasteiger partial charge in [0.25, 0.3) is 0 Å². The van der Waals surface area contributed by atoms with Crippen LogP contribution in [-0.4, -0.2) is 9.97 Å². The Morgan fingerprint density at radius 3 is 1.87 bits per heavy atom. The fourth-order valence-electron chi connectivity index (χ4n) is 5.93. The Morgan fingerprint density at radius 1 is 0.533 bits per heavy atom. The average Bonchev–Trinajstić information content (AvgIpc) is 3.63. The molecule has 0 spiro atoms. The summed E-state index contributed by atoms with van der Waals surface area (Å²) in [6, 6.07) is 49.5. The molecule has 4 heterocycles. The molecule has 1 atom stereocenters. The van der Waals surface area contributed by atoms with Crippen LogP contribution in [0.1, 0.15) is 28.4 Å². The summed E-state index contributed by atoms with van der Waals surface area (Å²) in [5.74, 6) is 0.889. The van der Waals surface area contributed by atoms with Crippen molar-refractivity contribution in [2.75, 3.05) is 4.90 Å². The Labute approximate surface area is 277 Å². The summed E-state index contributed by atoms with van der Waals surface area (Å²) in [6.45, 7) is 0. The monoisotopic (exact) mass is 760 g/mol. The number of pyridine rings is 2. The minimum absolute atomic E-state index is 0. The van der Waals surface area contributed by atoms with Crippen LogP contribution in [0.5, 0.6) is 0 Å². The number of hydrogen-bond donors (Lipinski definition) is 0. The summed E-state index contributed by atoms with van der Waals surface area (Å²) in [5.41, 5.74) is 10.7. The van der Waals surface area contributed by atoms with E-state index in [0.29, 0.717) is 0 Å². The van der Waals surface area contributed by atoms with Crippen LogP contribution in [0.25, 0.3) is 34.2 Å². The fourth-order valence-corrected chi connectivity index (χ4v) is 5.93. The summed E-state index contributed by atoms with van der Waals surface area (Å²) < 4.78 is 0. The topological polar surface area (TPSA) is 57.2 Å². The zero-order valence-electron chi connectivity index (χ0n) is 24.1. The van der Waals surface area contributed by atoms with Gasteiger partial charge >= 0.3 is 21.1 Å². The largest absolute Gasteiger partial charge is 2.00 e. The fraction of sp³-hybridized carbons (Fsp3) is 0.0256. The SMILES string of the molecule is C(=C1/[N-]c2ccccc2C1c1ccccc1)/c1cccc(-c2cccc(/C=C3\[N-]c4ccccc4N3c3ccccc3)n2)n1.[Pt+2]. The molecule has 0 amide bonds. The minimum Gasteiger partial charge on any atom is -0.660 e. The molecule has 8 rings (SSSR count). The molecule has 5 nitrogen and oxygen atoms in total. The molecular weight excluding hydrogens is 734 g/mol. The smallest absolute Gasteiger partial charge is 0.660 e. The Hall–Kier alpha value is -5.25. The molecule has 1 unspecified atom stereocenters. The summed E-state index contributed by atoms with van der Waals surface area (Å²) in [4.78, 5) is 12.2. The predicted octanol–water partition coefficient (Wildman–Crippen LogP) is 10.5. The molecule has 0 saturated carbocycles. The number of para-hydroxylation sites is 4.